The molecule has 1 aliphatic heterocycles. The third kappa shape index (κ3) is 6.44. The Kier molecular flexibility index (Phi) is 8.49. The molecule has 0 saturated carbocycles. The van der Waals surface area contributed by atoms with Crippen LogP contribution in [-0.2, 0) is 12.8 Å². The summed E-state index contributed by atoms with van der Waals surface area (Å²) in [5.74, 6) is 1.45. The first-order valence-electron chi connectivity index (χ1n) is 9.62. The standard InChI is InChI=1S/C20H32N4.HI/c1-16-9-13-24(14-10-16)12-3-2-11-22-20(21)23-19-8-7-17-5-4-6-18(17)15-19;/h7-8,15-16H,2-6,9-14H2,1H3,(H3,21,22,23);1H. The van der Waals surface area contributed by atoms with Gasteiger partial charge in [-0.05, 0) is 93.8 Å². The van der Waals surface area contributed by atoms with E-state index in [1.54, 1.807) is 0 Å². The quantitative estimate of drug-likeness (QED) is 0.294. The topological polar surface area (TPSA) is 53.6 Å². The number of hydrogen-bond acceptors (Lipinski definition) is 2. The average molecular weight is 456 g/mol. The number of halogens is 1. The van der Waals surface area contributed by atoms with Gasteiger partial charge in [-0.1, -0.05) is 13.0 Å². The first kappa shape index (κ1) is 20.5. The summed E-state index contributed by atoms with van der Waals surface area (Å²) in [5, 5.41) is 3.23. The van der Waals surface area contributed by atoms with Crippen LogP contribution in [0.15, 0.2) is 23.2 Å². The number of benzene rings is 1. The predicted octanol–water partition coefficient (Wildman–Crippen LogP) is 4.03. The molecule has 1 saturated heterocycles. The van der Waals surface area contributed by atoms with E-state index in [2.05, 4.69) is 40.3 Å². The van der Waals surface area contributed by atoms with E-state index in [1.807, 2.05) is 0 Å². The predicted molar refractivity (Wildman–Crippen MR) is 118 cm³/mol. The van der Waals surface area contributed by atoms with Gasteiger partial charge in [0.2, 0.25) is 0 Å². The first-order chi connectivity index (χ1) is 11.7. The summed E-state index contributed by atoms with van der Waals surface area (Å²) in [6.07, 6.45) is 8.72. The molecule has 1 fully saturated rings. The molecule has 0 atom stereocenters. The number of nitrogens with zero attached hydrogens (tertiary/aromatic N) is 2. The zero-order chi connectivity index (χ0) is 16.8. The van der Waals surface area contributed by atoms with Crippen LogP contribution < -0.4 is 11.1 Å². The van der Waals surface area contributed by atoms with E-state index in [0.717, 1.165) is 24.6 Å². The molecule has 0 aromatic heterocycles. The Labute approximate surface area is 169 Å². The highest BCUT2D eigenvalue weighted by Gasteiger charge is 2.14. The van der Waals surface area contributed by atoms with E-state index in [9.17, 15) is 0 Å². The van der Waals surface area contributed by atoms with Crippen molar-refractivity contribution in [2.75, 3.05) is 31.5 Å². The Balaban J connectivity index is 0.00000225. The minimum atomic E-state index is 0. The lowest BCUT2D eigenvalue weighted by molar-refractivity contribution is 0.190. The van der Waals surface area contributed by atoms with Crippen molar-refractivity contribution in [1.29, 1.82) is 0 Å². The van der Waals surface area contributed by atoms with E-state index in [4.69, 9.17) is 5.73 Å². The van der Waals surface area contributed by atoms with Crippen LogP contribution in [0.4, 0.5) is 5.69 Å². The summed E-state index contributed by atoms with van der Waals surface area (Å²) >= 11 is 0. The maximum absolute atomic E-state index is 6.02. The molecule has 4 nitrogen and oxygen atoms in total. The van der Waals surface area contributed by atoms with Gasteiger partial charge in [0.1, 0.15) is 0 Å². The Morgan fingerprint density at radius 3 is 2.76 bits per heavy atom. The van der Waals surface area contributed by atoms with Gasteiger partial charge in [-0.2, -0.15) is 0 Å². The van der Waals surface area contributed by atoms with Gasteiger partial charge < -0.3 is 16.0 Å². The second-order valence-electron chi connectivity index (χ2n) is 7.46. The number of unbranched alkanes of at least 4 members (excludes halogenated alkanes) is 1. The number of aryl methyl sites for hydroxylation is 2. The van der Waals surface area contributed by atoms with Crippen LogP contribution in [0.5, 0.6) is 0 Å². The number of aliphatic imine (C=N–C) groups is 1. The summed E-state index contributed by atoms with van der Waals surface area (Å²) in [5.41, 5.74) is 10.0. The van der Waals surface area contributed by atoms with Gasteiger partial charge in [-0.15, -0.1) is 24.0 Å². The summed E-state index contributed by atoms with van der Waals surface area (Å²) in [4.78, 5) is 7.07. The summed E-state index contributed by atoms with van der Waals surface area (Å²) < 4.78 is 0. The van der Waals surface area contributed by atoms with Gasteiger partial charge in [-0.25, -0.2) is 0 Å². The molecular weight excluding hydrogens is 423 g/mol. The third-order valence-corrected chi connectivity index (χ3v) is 5.41. The molecule has 3 rings (SSSR count). The highest BCUT2D eigenvalue weighted by molar-refractivity contribution is 14.0. The van der Waals surface area contributed by atoms with Gasteiger partial charge in [-0.3, -0.25) is 4.99 Å². The number of rotatable bonds is 6. The lowest BCUT2D eigenvalue weighted by Crippen LogP contribution is -2.33. The molecule has 2 aliphatic rings. The van der Waals surface area contributed by atoms with Crippen LogP contribution in [0, 0.1) is 5.92 Å². The summed E-state index contributed by atoms with van der Waals surface area (Å²) in [6.45, 7) is 6.93. The first-order valence-corrected chi connectivity index (χ1v) is 9.62. The molecule has 0 spiro atoms. The lowest BCUT2D eigenvalue weighted by Gasteiger charge is -2.30. The number of hydrogen-bond donors (Lipinski definition) is 2. The average Bonchev–Trinajstić information content (AvgIpc) is 3.04. The van der Waals surface area contributed by atoms with Crippen molar-refractivity contribution in [3.05, 3.63) is 29.3 Å². The van der Waals surface area contributed by atoms with E-state index >= 15 is 0 Å². The second-order valence-corrected chi connectivity index (χ2v) is 7.46. The molecular formula is C20H33IN4. The van der Waals surface area contributed by atoms with Crippen molar-refractivity contribution in [2.24, 2.45) is 16.6 Å². The fourth-order valence-electron chi connectivity index (χ4n) is 3.77. The second kappa shape index (κ2) is 10.4. The van der Waals surface area contributed by atoms with Gasteiger partial charge in [0.25, 0.3) is 0 Å². The van der Waals surface area contributed by atoms with Crippen LogP contribution in [0.2, 0.25) is 0 Å². The van der Waals surface area contributed by atoms with Gasteiger partial charge in [0.15, 0.2) is 5.96 Å². The van der Waals surface area contributed by atoms with Crippen molar-refractivity contribution < 1.29 is 0 Å². The maximum atomic E-state index is 6.02. The maximum Gasteiger partial charge on any atom is 0.193 e. The van der Waals surface area contributed by atoms with Gasteiger partial charge >= 0.3 is 0 Å². The number of piperidine rings is 1. The van der Waals surface area contributed by atoms with Crippen LogP contribution in [0.25, 0.3) is 0 Å². The SMILES string of the molecule is CC1CCN(CCCCN=C(N)Nc2ccc3c(c2)CCC3)CC1.I. The molecule has 25 heavy (non-hydrogen) atoms. The number of guanidine groups is 1. The fraction of sp³-hybridized carbons (Fsp3) is 0.650. The molecule has 0 radical (unpaired) electrons. The number of anilines is 1. The van der Waals surface area contributed by atoms with Crippen LogP contribution in [-0.4, -0.2) is 37.0 Å². The van der Waals surface area contributed by atoms with Crippen LogP contribution in [0.3, 0.4) is 0 Å². The van der Waals surface area contributed by atoms with Crippen LogP contribution in [0.1, 0.15) is 50.2 Å². The number of nitrogens with two attached hydrogens (primary N) is 1. The lowest BCUT2D eigenvalue weighted by atomic mass is 9.99. The molecule has 1 heterocycles. The van der Waals surface area contributed by atoms with Crippen molar-refractivity contribution in [1.82, 2.24) is 4.90 Å². The largest absolute Gasteiger partial charge is 0.370 e. The Hall–Kier alpha value is -0.820. The smallest absolute Gasteiger partial charge is 0.193 e. The molecule has 5 heteroatoms. The highest BCUT2D eigenvalue weighted by atomic mass is 127. The third-order valence-electron chi connectivity index (χ3n) is 5.41. The Morgan fingerprint density at radius 1 is 1.20 bits per heavy atom. The normalized spacial score (nSPS) is 18.7. The molecule has 140 valence electrons. The molecule has 0 unspecified atom stereocenters. The number of likely N-dealkylation sites (tertiary alicyclic amines) is 1. The Bertz CT molecular complexity index is 565. The van der Waals surface area contributed by atoms with E-state index in [0.29, 0.717) is 5.96 Å². The van der Waals surface area contributed by atoms with Crippen molar-refractivity contribution in [2.45, 2.75) is 51.9 Å². The van der Waals surface area contributed by atoms with E-state index in [1.165, 1.54) is 69.3 Å². The molecule has 0 bridgehead atoms. The number of nitrogens with one attached hydrogen (secondary N) is 1. The zero-order valence-electron chi connectivity index (χ0n) is 15.5. The van der Waals surface area contributed by atoms with Crippen molar-refractivity contribution in [3.63, 3.8) is 0 Å². The molecule has 0 amide bonds. The minimum absolute atomic E-state index is 0. The molecule has 1 aromatic carbocycles. The van der Waals surface area contributed by atoms with Gasteiger partial charge in [0, 0.05) is 12.2 Å². The fourth-order valence-corrected chi connectivity index (χ4v) is 3.77. The molecule has 1 aliphatic carbocycles. The highest BCUT2D eigenvalue weighted by Crippen LogP contribution is 2.24. The summed E-state index contributed by atoms with van der Waals surface area (Å²) in [6, 6.07) is 6.56. The molecule has 1 aromatic rings. The van der Waals surface area contributed by atoms with Crippen molar-refractivity contribution >= 4 is 35.6 Å². The minimum Gasteiger partial charge on any atom is -0.370 e. The molecule has 3 N–H and O–H groups in total. The zero-order valence-corrected chi connectivity index (χ0v) is 17.8. The summed E-state index contributed by atoms with van der Waals surface area (Å²) in [7, 11) is 0. The monoisotopic (exact) mass is 456 g/mol. The van der Waals surface area contributed by atoms with E-state index in [-0.39, 0.29) is 24.0 Å². The van der Waals surface area contributed by atoms with Crippen LogP contribution >= 0.6 is 24.0 Å². The number of fused-ring (bicyclic) bond motifs is 1. The van der Waals surface area contributed by atoms with E-state index < -0.39 is 0 Å². The van der Waals surface area contributed by atoms with Gasteiger partial charge in [0.05, 0.1) is 0 Å². The Morgan fingerprint density at radius 2 is 1.96 bits per heavy atom. The van der Waals surface area contributed by atoms with Crippen molar-refractivity contribution in [3.8, 4) is 0 Å².